The van der Waals surface area contributed by atoms with Crippen molar-refractivity contribution in [2.24, 2.45) is 5.16 Å². The second-order valence-corrected chi connectivity index (χ2v) is 4.38. The van der Waals surface area contributed by atoms with Crippen LogP contribution in [0.15, 0.2) is 29.0 Å². The lowest BCUT2D eigenvalue weighted by Gasteiger charge is -2.04. The van der Waals surface area contributed by atoms with Crippen LogP contribution < -0.4 is 0 Å². The quantitative estimate of drug-likeness (QED) is 0.516. The number of hydrogen-bond donors (Lipinski definition) is 1. The summed E-state index contributed by atoms with van der Waals surface area (Å²) in [7, 11) is -3.66. The van der Waals surface area contributed by atoms with E-state index in [9.17, 15) is 13.2 Å². The zero-order valence-electron chi connectivity index (χ0n) is 7.87. The Morgan fingerprint density at radius 2 is 2.13 bits per heavy atom. The Bertz CT molecular complexity index is 457. The molecule has 0 fully saturated rings. The lowest BCUT2D eigenvalue weighted by atomic mass is 10.0. The average Bonchev–Trinajstić information content (AvgIpc) is 2.15. The van der Waals surface area contributed by atoms with Gasteiger partial charge in [0.05, 0.1) is 12.9 Å². The van der Waals surface area contributed by atoms with Crippen LogP contribution in [-0.4, -0.2) is 37.9 Å². The number of aliphatic hydroxyl groups excluding tert-OH is 1. The number of rotatable bonds is 3. The molecule has 0 heterocycles. The molecule has 1 aliphatic rings. The molecule has 0 radical (unpaired) electrons. The minimum atomic E-state index is -3.66. The van der Waals surface area contributed by atoms with Crippen LogP contribution in [0.2, 0.25) is 0 Å². The van der Waals surface area contributed by atoms with Gasteiger partial charge < -0.3 is 5.11 Å². The van der Waals surface area contributed by atoms with E-state index < -0.39 is 16.7 Å². The predicted octanol–water partition coefficient (Wildman–Crippen LogP) is -0.624. The van der Waals surface area contributed by atoms with Gasteiger partial charge in [0.15, 0.2) is 5.78 Å². The van der Waals surface area contributed by atoms with Crippen molar-refractivity contribution in [1.29, 1.82) is 0 Å². The van der Waals surface area contributed by atoms with Crippen molar-refractivity contribution in [3.05, 3.63) is 23.8 Å². The van der Waals surface area contributed by atoms with Gasteiger partial charge in [0.25, 0.3) is 0 Å². The summed E-state index contributed by atoms with van der Waals surface area (Å²) < 4.78 is 25.4. The number of ketones is 1. The maximum absolute atomic E-state index is 11.0. The van der Waals surface area contributed by atoms with Crippen LogP contribution in [0.3, 0.4) is 0 Å². The molecule has 15 heavy (non-hydrogen) atoms. The first-order valence-electron chi connectivity index (χ1n) is 3.93. The number of oxime groups is 1. The van der Waals surface area contributed by atoms with Gasteiger partial charge >= 0.3 is 10.1 Å². The highest BCUT2D eigenvalue weighted by Crippen LogP contribution is 2.06. The lowest BCUT2D eigenvalue weighted by molar-refractivity contribution is -0.111. The van der Waals surface area contributed by atoms with E-state index in [0.717, 1.165) is 6.26 Å². The van der Waals surface area contributed by atoms with Gasteiger partial charge in [0, 0.05) is 5.57 Å². The fourth-order valence-corrected chi connectivity index (χ4v) is 1.08. The topological polar surface area (TPSA) is 93.0 Å². The number of nitrogens with zero attached hydrogens (tertiary/aromatic N) is 1. The first-order chi connectivity index (χ1) is 6.92. The standard InChI is InChI=1S/C8H9NO5S/c1-15(12,13)14-9-7-2-3-8(11)6(4-7)5-10/h2-4,10H,5H2,1H3. The average molecular weight is 231 g/mol. The maximum atomic E-state index is 11.0. The Morgan fingerprint density at radius 1 is 1.47 bits per heavy atom. The molecule has 0 spiro atoms. The van der Waals surface area contributed by atoms with Gasteiger partial charge in [-0.15, -0.1) is 0 Å². The van der Waals surface area contributed by atoms with Crippen molar-refractivity contribution in [1.82, 2.24) is 0 Å². The molecule has 0 aromatic carbocycles. The molecule has 1 aliphatic carbocycles. The molecule has 7 heteroatoms. The van der Waals surface area contributed by atoms with E-state index in [1.807, 2.05) is 0 Å². The van der Waals surface area contributed by atoms with Gasteiger partial charge in [-0.2, -0.15) is 8.42 Å². The van der Waals surface area contributed by atoms with E-state index in [0.29, 0.717) is 0 Å². The molecule has 0 aromatic heterocycles. The molecule has 0 aliphatic heterocycles. The molecule has 0 atom stereocenters. The Hall–Kier alpha value is -1.47. The third kappa shape index (κ3) is 3.64. The second kappa shape index (κ2) is 4.37. The van der Waals surface area contributed by atoms with Crippen molar-refractivity contribution < 1.29 is 22.6 Å². The molecular weight excluding hydrogens is 222 g/mol. The molecule has 0 saturated heterocycles. The highest BCUT2D eigenvalue weighted by Gasteiger charge is 2.11. The fraction of sp³-hybridized carbons (Fsp3) is 0.250. The molecule has 0 saturated carbocycles. The normalized spacial score (nSPS) is 19.2. The van der Waals surface area contributed by atoms with Crippen LogP contribution >= 0.6 is 0 Å². The monoisotopic (exact) mass is 231 g/mol. The summed E-state index contributed by atoms with van der Waals surface area (Å²) in [6.07, 6.45) is 4.58. The van der Waals surface area contributed by atoms with Crippen molar-refractivity contribution in [2.45, 2.75) is 0 Å². The molecule has 0 aromatic rings. The Labute approximate surface area is 86.7 Å². The van der Waals surface area contributed by atoms with E-state index in [1.165, 1.54) is 18.2 Å². The highest BCUT2D eigenvalue weighted by atomic mass is 32.2. The lowest BCUT2D eigenvalue weighted by Crippen LogP contribution is -2.11. The second-order valence-electron chi connectivity index (χ2n) is 2.82. The first-order valence-corrected chi connectivity index (χ1v) is 5.74. The van der Waals surface area contributed by atoms with E-state index >= 15 is 0 Å². The van der Waals surface area contributed by atoms with Crippen LogP contribution in [0.1, 0.15) is 0 Å². The minimum Gasteiger partial charge on any atom is -0.392 e. The number of hydrogen-bond acceptors (Lipinski definition) is 6. The van der Waals surface area contributed by atoms with Gasteiger partial charge in [0.2, 0.25) is 0 Å². The van der Waals surface area contributed by atoms with Crippen molar-refractivity contribution in [2.75, 3.05) is 12.9 Å². The van der Waals surface area contributed by atoms with Gasteiger partial charge in [-0.1, -0.05) is 5.16 Å². The molecule has 0 bridgehead atoms. The summed E-state index contributed by atoms with van der Waals surface area (Å²) >= 11 is 0. The molecule has 82 valence electrons. The van der Waals surface area contributed by atoms with Crippen LogP contribution in [0.4, 0.5) is 0 Å². The van der Waals surface area contributed by atoms with E-state index in [2.05, 4.69) is 9.44 Å². The van der Waals surface area contributed by atoms with Gasteiger partial charge in [0.1, 0.15) is 5.71 Å². The zero-order valence-corrected chi connectivity index (χ0v) is 8.69. The SMILES string of the molecule is CS(=O)(=O)ON=C1C=CC(=O)C(CO)=C1. The summed E-state index contributed by atoms with van der Waals surface area (Å²) in [6, 6.07) is 0. The summed E-state index contributed by atoms with van der Waals surface area (Å²) in [4.78, 5) is 11.0. The Balaban J connectivity index is 2.86. The molecule has 0 unspecified atom stereocenters. The largest absolute Gasteiger partial charge is 0.392 e. The van der Waals surface area contributed by atoms with Gasteiger partial charge in [-0.05, 0) is 18.2 Å². The van der Waals surface area contributed by atoms with Crippen LogP contribution in [0.5, 0.6) is 0 Å². The minimum absolute atomic E-state index is 0.133. The summed E-state index contributed by atoms with van der Waals surface area (Å²) in [5, 5.41) is 12.1. The number of carbonyl (C=O) groups is 1. The maximum Gasteiger partial charge on any atom is 0.325 e. The Morgan fingerprint density at radius 3 is 2.67 bits per heavy atom. The molecule has 1 rings (SSSR count). The van der Waals surface area contributed by atoms with Crippen LogP contribution in [-0.2, 0) is 19.2 Å². The Kier molecular flexibility index (Phi) is 3.38. The van der Waals surface area contributed by atoms with Crippen LogP contribution in [0, 0.1) is 0 Å². The molecule has 6 nitrogen and oxygen atoms in total. The smallest absolute Gasteiger partial charge is 0.325 e. The van der Waals surface area contributed by atoms with Crippen molar-refractivity contribution in [3.8, 4) is 0 Å². The van der Waals surface area contributed by atoms with E-state index in [1.54, 1.807) is 0 Å². The molecular formula is C8H9NO5S. The zero-order chi connectivity index (χ0) is 11.5. The van der Waals surface area contributed by atoms with Crippen LogP contribution in [0.25, 0.3) is 0 Å². The van der Waals surface area contributed by atoms with E-state index in [-0.39, 0.29) is 17.1 Å². The van der Waals surface area contributed by atoms with Gasteiger partial charge in [-0.25, -0.2) is 0 Å². The first kappa shape index (κ1) is 11.6. The fourth-order valence-electron chi connectivity index (χ4n) is 0.857. The summed E-state index contributed by atoms with van der Waals surface area (Å²) in [5.41, 5.74) is 0.289. The number of carbonyl (C=O) groups excluding carboxylic acids is 1. The number of aliphatic hydroxyl groups is 1. The number of allylic oxidation sites excluding steroid dienone is 3. The van der Waals surface area contributed by atoms with Crippen molar-refractivity contribution in [3.63, 3.8) is 0 Å². The molecule has 0 amide bonds. The summed E-state index contributed by atoms with van der Waals surface area (Å²) in [6.45, 7) is -0.429. The predicted molar refractivity (Wildman–Crippen MR) is 52.7 cm³/mol. The highest BCUT2D eigenvalue weighted by molar-refractivity contribution is 7.85. The van der Waals surface area contributed by atoms with E-state index in [4.69, 9.17) is 5.11 Å². The summed E-state index contributed by atoms with van der Waals surface area (Å²) in [5.74, 6) is -0.337. The van der Waals surface area contributed by atoms with Gasteiger partial charge in [-0.3, -0.25) is 9.08 Å². The third-order valence-corrected chi connectivity index (χ3v) is 1.84. The van der Waals surface area contributed by atoms with Crippen molar-refractivity contribution >= 4 is 21.6 Å². The third-order valence-electron chi connectivity index (χ3n) is 1.49. The molecule has 1 N–H and O–H groups in total.